The van der Waals surface area contributed by atoms with Crippen molar-refractivity contribution in [2.45, 2.75) is 13.8 Å². The van der Waals surface area contributed by atoms with Crippen LogP contribution in [0.5, 0.6) is 0 Å². The standard InChI is InChI=1S/C8H16ClNO2S/c1-7(3-9)4-10-5-8(2)6-13(10,11)12/h7-8H,3-6H2,1-2H3. The molecular formula is C8H16ClNO2S. The van der Waals surface area contributed by atoms with E-state index in [1.807, 2.05) is 13.8 Å². The minimum atomic E-state index is -2.97. The summed E-state index contributed by atoms with van der Waals surface area (Å²) in [6.45, 7) is 5.15. The first-order valence-corrected chi connectivity index (χ1v) is 6.64. The summed E-state index contributed by atoms with van der Waals surface area (Å²) in [4.78, 5) is 0. The fourth-order valence-electron chi connectivity index (χ4n) is 1.56. The molecule has 0 aromatic rings. The van der Waals surface area contributed by atoms with Crippen molar-refractivity contribution < 1.29 is 8.42 Å². The topological polar surface area (TPSA) is 37.4 Å². The van der Waals surface area contributed by atoms with Gasteiger partial charge < -0.3 is 0 Å². The van der Waals surface area contributed by atoms with E-state index in [4.69, 9.17) is 11.6 Å². The minimum Gasteiger partial charge on any atom is -0.212 e. The summed E-state index contributed by atoms with van der Waals surface area (Å²) in [6, 6.07) is 0. The van der Waals surface area contributed by atoms with Gasteiger partial charge in [0.1, 0.15) is 0 Å². The van der Waals surface area contributed by atoms with Crippen LogP contribution in [0.4, 0.5) is 0 Å². The Morgan fingerprint density at radius 3 is 2.62 bits per heavy atom. The van der Waals surface area contributed by atoms with Crippen LogP contribution in [0.25, 0.3) is 0 Å². The van der Waals surface area contributed by atoms with E-state index in [2.05, 4.69) is 0 Å². The van der Waals surface area contributed by atoms with Crippen LogP contribution in [0.1, 0.15) is 13.8 Å². The smallest absolute Gasteiger partial charge is 0.212 e. The molecule has 0 amide bonds. The Morgan fingerprint density at radius 1 is 1.62 bits per heavy atom. The summed E-state index contributed by atoms with van der Waals surface area (Å²) < 4.78 is 24.6. The van der Waals surface area contributed by atoms with E-state index in [1.54, 1.807) is 4.31 Å². The Balaban J connectivity index is 2.60. The second-order valence-corrected chi connectivity index (χ2v) is 6.28. The number of nitrogens with zero attached hydrogens (tertiary/aromatic N) is 1. The second-order valence-electron chi connectivity index (χ2n) is 3.96. The number of sulfonamides is 1. The molecule has 0 spiro atoms. The van der Waals surface area contributed by atoms with Gasteiger partial charge in [-0.25, -0.2) is 12.7 Å². The van der Waals surface area contributed by atoms with Crippen molar-refractivity contribution in [3.05, 3.63) is 0 Å². The Labute approximate surface area is 85.1 Å². The summed E-state index contributed by atoms with van der Waals surface area (Å²) in [7, 11) is -2.97. The van der Waals surface area contributed by atoms with Crippen molar-refractivity contribution >= 4 is 21.6 Å². The molecule has 0 aromatic heterocycles. The predicted molar refractivity (Wildman–Crippen MR) is 54.4 cm³/mol. The van der Waals surface area contributed by atoms with Gasteiger partial charge >= 0.3 is 0 Å². The minimum absolute atomic E-state index is 0.238. The molecule has 13 heavy (non-hydrogen) atoms. The van der Waals surface area contributed by atoms with Crippen molar-refractivity contribution in [3.63, 3.8) is 0 Å². The fourth-order valence-corrected chi connectivity index (χ4v) is 3.66. The summed E-state index contributed by atoms with van der Waals surface area (Å²) in [6.07, 6.45) is 0. The molecule has 0 radical (unpaired) electrons. The molecule has 0 bridgehead atoms. The van der Waals surface area contributed by atoms with Crippen molar-refractivity contribution in [1.29, 1.82) is 0 Å². The maximum atomic E-state index is 11.5. The quantitative estimate of drug-likeness (QED) is 0.676. The molecular weight excluding hydrogens is 210 g/mol. The predicted octanol–water partition coefficient (Wildman–Crippen LogP) is 1.14. The molecule has 3 nitrogen and oxygen atoms in total. The van der Waals surface area contributed by atoms with E-state index >= 15 is 0 Å². The van der Waals surface area contributed by atoms with Crippen LogP contribution in [0.2, 0.25) is 0 Å². The first-order chi connectivity index (χ1) is 5.95. The van der Waals surface area contributed by atoms with Gasteiger partial charge in [0.05, 0.1) is 5.75 Å². The molecule has 1 saturated heterocycles. The molecule has 5 heteroatoms. The van der Waals surface area contributed by atoms with Gasteiger partial charge in [0.15, 0.2) is 0 Å². The highest BCUT2D eigenvalue weighted by atomic mass is 35.5. The van der Waals surface area contributed by atoms with Gasteiger partial charge in [-0.05, 0) is 11.8 Å². The van der Waals surface area contributed by atoms with E-state index in [9.17, 15) is 8.42 Å². The monoisotopic (exact) mass is 225 g/mol. The lowest BCUT2D eigenvalue weighted by Gasteiger charge is -2.17. The average molecular weight is 226 g/mol. The van der Waals surface area contributed by atoms with Crippen molar-refractivity contribution in [2.75, 3.05) is 24.7 Å². The largest absolute Gasteiger partial charge is 0.214 e. The van der Waals surface area contributed by atoms with Crippen LogP contribution in [0.15, 0.2) is 0 Å². The third kappa shape index (κ3) is 2.82. The van der Waals surface area contributed by atoms with Gasteiger partial charge in [-0.3, -0.25) is 0 Å². The number of hydrogen-bond acceptors (Lipinski definition) is 2. The van der Waals surface area contributed by atoms with Gasteiger partial charge in [0.25, 0.3) is 0 Å². The number of alkyl halides is 1. The Hall–Kier alpha value is 0.200. The summed E-state index contributed by atoms with van der Waals surface area (Å²) >= 11 is 5.64. The first kappa shape index (κ1) is 11.3. The number of rotatable bonds is 3. The van der Waals surface area contributed by atoms with Crippen molar-refractivity contribution in [3.8, 4) is 0 Å². The first-order valence-electron chi connectivity index (χ1n) is 4.49. The number of hydrogen-bond donors (Lipinski definition) is 0. The van der Waals surface area contributed by atoms with Gasteiger partial charge in [-0.1, -0.05) is 13.8 Å². The third-order valence-corrected chi connectivity index (χ3v) is 4.78. The fraction of sp³-hybridized carbons (Fsp3) is 1.00. The molecule has 0 aliphatic carbocycles. The Kier molecular flexibility index (Phi) is 3.60. The highest BCUT2D eigenvalue weighted by molar-refractivity contribution is 7.89. The summed E-state index contributed by atoms with van der Waals surface area (Å²) in [5, 5.41) is 0. The third-order valence-electron chi connectivity index (χ3n) is 2.18. The van der Waals surface area contributed by atoms with E-state index in [1.165, 1.54) is 0 Å². The van der Waals surface area contributed by atoms with Crippen LogP contribution in [0.3, 0.4) is 0 Å². The normalized spacial score (nSPS) is 30.5. The SMILES string of the molecule is CC(CCl)CN1CC(C)CS1(=O)=O. The Bertz CT molecular complexity index is 265. The van der Waals surface area contributed by atoms with Gasteiger partial charge in [-0.2, -0.15) is 0 Å². The van der Waals surface area contributed by atoms with E-state index in [0.29, 0.717) is 24.7 Å². The van der Waals surface area contributed by atoms with Crippen molar-refractivity contribution in [2.24, 2.45) is 11.8 Å². The van der Waals surface area contributed by atoms with E-state index in [-0.39, 0.29) is 11.8 Å². The van der Waals surface area contributed by atoms with E-state index in [0.717, 1.165) is 0 Å². The maximum Gasteiger partial charge on any atom is 0.214 e. The maximum absolute atomic E-state index is 11.5. The lowest BCUT2D eigenvalue weighted by atomic mass is 10.2. The van der Waals surface area contributed by atoms with Crippen LogP contribution in [-0.2, 0) is 10.0 Å². The molecule has 78 valence electrons. The molecule has 1 rings (SSSR count). The highest BCUT2D eigenvalue weighted by Crippen LogP contribution is 2.20. The molecule has 1 aliphatic heterocycles. The zero-order valence-corrected chi connectivity index (χ0v) is 9.61. The van der Waals surface area contributed by atoms with Gasteiger partial charge in [-0.15, -0.1) is 11.6 Å². The van der Waals surface area contributed by atoms with Gasteiger partial charge in [0, 0.05) is 19.0 Å². The molecule has 0 aromatic carbocycles. The molecule has 2 unspecified atom stereocenters. The molecule has 0 saturated carbocycles. The van der Waals surface area contributed by atoms with E-state index < -0.39 is 10.0 Å². The zero-order valence-electron chi connectivity index (χ0n) is 8.03. The summed E-state index contributed by atoms with van der Waals surface area (Å²) in [5.41, 5.74) is 0. The van der Waals surface area contributed by atoms with Crippen LogP contribution in [-0.4, -0.2) is 37.4 Å². The molecule has 0 N–H and O–H groups in total. The average Bonchev–Trinajstić information content (AvgIpc) is 2.24. The summed E-state index contributed by atoms with van der Waals surface area (Å²) in [5.74, 6) is 1.30. The van der Waals surface area contributed by atoms with Crippen LogP contribution in [0, 0.1) is 11.8 Å². The Morgan fingerprint density at radius 2 is 2.23 bits per heavy atom. The zero-order chi connectivity index (χ0) is 10.1. The molecule has 1 aliphatic rings. The molecule has 1 heterocycles. The van der Waals surface area contributed by atoms with Gasteiger partial charge in [0.2, 0.25) is 10.0 Å². The highest BCUT2D eigenvalue weighted by Gasteiger charge is 2.33. The van der Waals surface area contributed by atoms with Crippen LogP contribution >= 0.6 is 11.6 Å². The second kappa shape index (κ2) is 4.15. The number of halogens is 1. The van der Waals surface area contributed by atoms with Crippen molar-refractivity contribution in [1.82, 2.24) is 4.31 Å². The van der Waals surface area contributed by atoms with Crippen LogP contribution < -0.4 is 0 Å². The lowest BCUT2D eigenvalue weighted by Crippen LogP contribution is -2.31. The molecule has 1 fully saturated rings. The lowest BCUT2D eigenvalue weighted by molar-refractivity contribution is 0.371. The molecule has 2 atom stereocenters.